The molecule has 142 valence electrons. The zero-order chi connectivity index (χ0) is 19.1. The van der Waals surface area contributed by atoms with Crippen LogP contribution in [0.15, 0.2) is 24.3 Å². The van der Waals surface area contributed by atoms with Gasteiger partial charge in [0.1, 0.15) is 5.69 Å². The number of nitrogens with zero attached hydrogens (tertiary/aromatic N) is 4. The first-order valence-electron chi connectivity index (χ1n) is 9.51. The van der Waals surface area contributed by atoms with E-state index in [4.69, 9.17) is 0 Å². The summed E-state index contributed by atoms with van der Waals surface area (Å²) in [5.74, 6) is -0.278. The number of carbonyl (C=O) groups is 2. The molecular formula is C20H25N5O2. The fourth-order valence-electron chi connectivity index (χ4n) is 4.12. The molecule has 1 N–H and O–H groups in total. The van der Waals surface area contributed by atoms with E-state index in [1.165, 1.54) is 6.42 Å². The van der Waals surface area contributed by atoms with E-state index in [2.05, 4.69) is 15.3 Å². The molecular weight excluding hydrogens is 342 g/mol. The number of benzene rings is 1. The normalized spacial score (nSPS) is 18.3. The van der Waals surface area contributed by atoms with Gasteiger partial charge in [-0.2, -0.15) is 5.10 Å². The van der Waals surface area contributed by atoms with Crippen LogP contribution in [0, 0.1) is 6.92 Å². The van der Waals surface area contributed by atoms with Crippen molar-refractivity contribution in [3.63, 3.8) is 0 Å². The number of hydrogen-bond acceptors (Lipinski definition) is 4. The molecule has 0 bridgehead atoms. The van der Waals surface area contributed by atoms with Crippen LogP contribution in [0.25, 0.3) is 0 Å². The van der Waals surface area contributed by atoms with Crippen molar-refractivity contribution in [3.8, 4) is 0 Å². The van der Waals surface area contributed by atoms with Gasteiger partial charge in [-0.25, -0.2) is 0 Å². The van der Waals surface area contributed by atoms with E-state index < -0.39 is 0 Å². The highest BCUT2D eigenvalue weighted by atomic mass is 16.2. The van der Waals surface area contributed by atoms with E-state index in [1.807, 2.05) is 38.1 Å². The Bertz CT molecular complexity index is 898. The van der Waals surface area contributed by atoms with E-state index in [0.29, 0.717) is 28.5 Å². The number of hydrogen-bond donors (Lipinski definition) is 1. The lowest BCUT2D eigenvalue weighted by Gasteiger charge is -2.34. The van der Waals surface area contributed by atoms with Crippen LogP contribution in [0.5, 0.6) is 0 Å². The molecule has 3 heterocycles. The average Bonchev–Trinajstić information content (AvgIpc) is 2.89. The Hall–Kier alpha value is -2.67. The second-order valence-corrected chi connectivity index (χ2v) is 7.32. The summed E-state index contributed by atoms with van der Waals surface area (Å²) in [7, 11) is 1.73. The minimum Gasteiger partial charge on any atom is -0.319 e. The topological polar surface area (TPSA) is 70.5 Å². The van der Waals surface area contributed by atoms with Crippen LogP contribution in [0.2, 0.25) is 0 Å². The highest BCUT2D eigenvalue weighted by Crippen LogP contribution is 2.40. The molecule has 2 amide bonds. The summed E-state index contributed by atoms with van der Waals surface area (Å²) in [6, 6.07) is 7.18. The van der Waals surface area contributed by atoms with Crippen LogP contribution >= 0.6 is 0 Å². The first-order valence-corrected chi connectivity index (χ1v) is 9.51. The number of para-hydroxylation sites is 2. The number of piperidine rings is 1. The van der Waals surface area contributed by atoms with Gasteiger partial charge in [0.15, 0.2) is 5.69 Å². The number of nitrogens with one attached hydrogen (secondary N) is 1. The van der Waals surface area contributed by atoms with Gasteiger partial charge in [-0.05, 0) is 51.9 Å². The molecule has 0 spiro atoms. The zero-order valence-electron chi connectivity index (χ0n) is 16.0. The Morgan fingerprint density at radius 3 is 2.63 bits per heavy atom. The molecule has 7 nitrogen and oxygen atoms in total. The van der Waals surface area contributed by atoms with E-state index in [-0.39, 0.29) is 17.9 Å². The van der Waals surface area contributed by atoms with Crippen molar-refractivity contribution < 1.29 is 9.59 Å². The molecule has 2 aliphatic rings. The van der Waals surface area contributed by atoms with Crippen molar-refractivity contribution in [1.29, 1.82) is 0 Å². The molecule has 0 aliphatic carbocycles. The molecule has 0 saturated carbocycles. The predicted octanol–water partition coefficient (Wildman–Crippen LogP) is 2.83. The van der Waals surface area contributed by atoms with Crippen LogP contribution in [0.3, 0.4) is 0 Å². The molecule has 2 aliphatic heterocycles. The maximum absolute atomic E-state index is 13.7. The van der Waals surface area contributed by atoms with Crippen molar-refractivity contribution in [2.75, 3.05) is 23.3 Å². The summed E-state index contributed by atoms with van der Waals surface area (Å²) in [4.78, 5) is 30.4. The largest absolute Gasteiger partial charge is 0.319 e. The summed E-state index contributed by atoms with van der Waals surface area (Å²) in [6.07, 6.45) is 3.45. The van der Waals surface area contributed by atoms with Crippen molar-refractivity contribution in [2.24, 2.45) is 7.05 Å². The third-order valence-corrected chi connectivity index (χ3v) is 5.54. The molecule has 1 atom stereocenters. The second-order valence-electron chi connectivity index (χ2n) is 7.32. The maximum atomic E-state index is 13.7. The molecule has 27 heavy (non-hydrogen) atoms. The highest BCUT2D eigenvalue weighted by Gasteiger charge is 2.37. The van der Waals surface area contributed by atoms with Crippen LogP contribution < -0.4 is 10.2 Å². The van der Waals surface area contributed by atoms with Gasteiger partial charge in [-0.1, -0.05) is 18.6 Å². The van der Waals surface area contributed by atoms with E-state index in [1.54, 1.807) is 16.6 Å². The van der Waals surface area contributed by atoms with Crippen LogP contribution in [0.1, 0.15) is 42.4 Å². The number of carbonyl (C=O) groups excluding carboxylic acids is 2. The summed E-state index contributed by atoms with van der Waals surface area (Å²) >= 11 is 0. The molecule has 1 aromatic carbocycles. The van der Waals surface area contributed by atoms with Crippen molar-refractivity contribution in [1.82, 2.24) is 14.7 Å². The lowest BCUT2D eigenvalue weighted by atomic mass is 10.1. The molecule has 7 heteroatoms. The van der Waals surface area contributed by atoms with Gasteiger partial charge in [0.2, 0.25) is 5.91 Å². The second kappa shape index (κ2) is 6.81. The van der Waals surface area contributed by atoms with Gasteiger partial charge >= 0.3 is 0 Å². The Morgan fingerprint density at radius 1 is 1.19 bits per heavy atom. The quantitative estimate of drug-likeness (QED) is 0.886. The van der Waals surface area contributed by atoms with Crippen LogP contribution in [-0.2, 0) is 11.8 Å². The fourth-order valence-corrected chi connectivity index (χ4v) is 4.12. The SMILES string of the molecule is Cc1nn(C)c2c1N(C(=O)C(C)N1CCCCC1)c1ccccc1NC2=O. The third kappa shape index (κ3) is 2.92. The Labute approximate surface area is 158 Å². The molecule has 1 unspecified atom stereocenters. The minimum atomic E-state index is -0.265. The molecule has 0 radical (unpaired) electrons. The van der Waals surface area contributed by atoms with Crippen LogP contribution in [0.4, 0.5) is 17.1 Å². The number of fused-ring (bicyclic) bond motifs is 2. The third-order valence-electron chi connectivity index (χ3n) is 5.54. The zero-order valence-corrected chi connectivity index (χ0v) is 16.0. The fraction of sp³-hybridized carbons (Fsp3) is 0.450. The lowest BCUT2D eigenvalue weighted by molar-refractivity contribution is -0.122. The van der Waals surface area contributed by atoms with Crippen molar-refractivity contribution >= 4 is 28.9 Å². The molecule has 1 aromatic heterocycles. The van der Waals surface area contributed by atoms with Gasteiger partial charge in [0.25, 0.3) is 5.91 Å². The van der Waals surface area contributed by atoms with Gasteiger partial charge in [0.05, 0.1) is 23.1 Å². The summed E-state index contributed by atoms with van der Waals surface area (Å²) in [6.45, 7) is 5.66. The molecule has 1 fully saturated rings. The molecule has 1 saturated heterocycles. The van der Waals surface area contributed by atoms with Gasteiger partial charge in [0, 0.05) is 7.05 Å². The average molecular weight is 367 g/mol. The lowest BCUT2D eigenvalue weighted by Crippen LogP contribution is -2.47. The number of amides is 2. The Kier molecular flexibility index (Phi) is 4.47. The van der Waals surface area contributed by atoms with Crippen molar-refractivity contribution in [3.05, 3.63) is 35.7 Å². The summed E-state index contributed by atoms with van der Waals surface area (Å²) < 4.78 is 1.55. The highest BCUT2D eigenvalue weighted by molar-refractivity contribution is 6.18. The van der Waals surface area contributed by atoms with Gasteiger partial charge in [-0.15, -0.1) is 0 Å². The number of aromatic nitrogens is 2. The smallest absolute Gasteiger partial charge is 0.276 e. The monoisotopic (exact) mass is 367 g/mol. The molecule has 4 rings (SSSR count). The number of likely N-dealkylation sites (tertiary alicyclic amines) is 1. The number of aryl methyl sites for hydroxylation is 2. The summed E-state index contributed by atoms with van der Waals surface area (Å²) in [5.41, 5.74) is 2.97. The van der Waals surface area contributed by atoms with Gasteiger partial charge in [-0.3, -0.25) is 24.1 Å². The predicted molar refractivity (Wildman–Crippen MR) is 104 cm³/mol. The molecule has 2 aromatic rings. The summed E-state index contributed by atoms with van der Waals surface area (Å²) in [5, 5.41) is 7.34. The van der Waals surface area contributed by atoms with Gasteiger partial charge < -0.3 is 5.32 Å². The van der Waals surface area contributed by atoms with E-state index in [0.717, 1.165) is 25.9 Å². The first-order chi connectivity index (χ1) is 13.0. The first kappa shape index (κ1) is 17.7. The number of rotatable bonds is 2. The Balaban J connectivity index is 1.84. The maximum Gasteiger partial charge on any atom is 0.276 e. The van der Waals surface area contributed by atoms with E-state index >= 15 is 0 Å². The Morgan fingerprint density at radius 2 is 1.89 bits per heavy atom. The van der Waals surface area contributed by atoms with Crippen molar-refractivity contribution in [2.45, 2.75) is 39.2 Å². The van der Waals surface area contributed by atoms with E-state index in [9.17, 15) is 9.59 Å². The van der Waals surface area contributed by atoms with Crippen LogP contribution in [-0.4, -0.2) is 45.6 Å². The number of anilines is 3. The minimum absolute atomic E-state index is 0.0294. The standard InChI is InChI=1S/C20H25N5O2/c1-13-17-18(23(3)22-13)19(26)21-15-9-5-6-10-16(15)25(17)20(27)14(2)24-11-7-4-8-12-24/h5-6,9-10,14H,4,7-8,11-12H2,1-3H3,(H,21,26).